The maximum atomic E-state index is 13.0. The van der Waals surface area contributed by atoms with Gasteiger partial charge in [-0.2, -0.15) is 8.42 Å². The topological polar surface area (TPSA) is 580 Å². The fraction of sp³-hybridized carbons (Fsp3) is 0.442. The van der Waals surface area contributed by atoms with Crippen molar-refractivity contribution in [2.75, 3.05) is 232 Å². The molecule has 0 radical (unpaired) electrons. The number of aryl methyl sites for hydroxylation is 4. The number of fused-ring (bicyclic) bond motifs is 4. The average molecular weight is 2050 g/mol. The van der Waals surface area contributed by atoms with E-state index in [0.717, 1.165) is 281 Å². The van der Waals surface area contributed by atoms with Crippen LogP contribution < -0.4 is 47.4 Å². The number of benzene rings is 6. The molecule has 5 fully saturated rings. The van der Waals surface area contributed by atoms with Gasteiger partial charge in [0.1, 0.15) is 52.4 Å². The van der Waals surface area contributed by atoms with Crippen molar-refractivity contribution in [1.29, 1.82) is 0 Å². The number of phenolic OH excluding ortho intramolecular Hbond substituents is 1. The number of carbonyl (C=O) groups is 4. The summed E-state index contributed by atoms with van der Waals surface area (Å²) in [7, 11) is -3.27. The lowest BCUT2D eigenvalue weighted by atomic mass is 10.2. The number of nitrogens with zero attached hydrogens (tertiary/aromatic N) is 14. The lowest BCUT2D eigenvalue weighted by Gasteiger charge is -2.26. The number of hydrogen-bond donors (Lipinski definition) is 10. The predicted octanol–water partition coefficient (Wildman–Crippen LogP) is 8.92. The van der Waals surface area contributed by atoms with Crippen LogP contribution in [-0.4, -0.2) is 339 Å². The molecule has 774 valence electrons. The minimum absolute atomic E-state index is 0.0172. The molecule has 12 aromatic rings. The Morgan fingerprint density at radius 2 is 0.888 bits per heavy atom. The Labute approximate surface area is 835 Å². The Balaban J connectivity index is 0.000000189. The Kier molecular flexibility index (Phi) is 47.6. The van der Waals surface area contributed by atoms with Gasteiger partial charge in [-0.1, -0.05) is 24.3 Å². The smallest absolute Gasteiger partial charge is 0.283 e. The number of halogens is 2. The number of amides is 2. The van der Waals surface area contributed by atoms with Crippen LogP contribution in [-0.2, 0) is 38.0 Å². The van der Waals surface area contributed by atoms with Gasteiger partial charge in [-0.25, -0.2) is 24.9 Å². The summed E-state index contributed by atoms with van der Waals surface area (Å²) >= 11 is 10.6. The van der Waals surface area contributed by atoms with Crippen molar-refractivity contribution >= 4 is 123 Å². The van der Waals surface area contributed by atoms with Gasteiger partial charge in [-0.05, 0) is 186 Å². The first-order chi connectivity index (χ1) is 68.8. The predicted molar refractivity (Wildman–Crippen MR) is 540 cm³/mol. The van der Waals surface area contributed by atoms with E-state index >= 15 is 0 Å². The number of ether oxygens (including phenoxy) is 8. The van der Waals surface area contributed by atoms with Gasteiger partial charge in [0.2, 0.25) is 5.95 Å². The fourth-order valence-electron chi connectivity index (χ4n) is 14.6. The molecule has 45 nitrogen and oxygen atoms in total. The number of nitro benzene ring substituents is 2. The zero-order chi connectivity index (χ0) is 103. The minimum atomic E-state index is -3.27. The molecule has 6 aromatic carbocycles. The number of nitrogens with one attached hydrogen (secondary N) is 5. The molecule has 17 rings (SSSR count). The number of nitro groups is 2. The molecule has 5 saturated heterocycles. The van der Waals surface area contributed by atoms with Gasteiger partial charge in [0, 0.05) is 146 Å². The summed E-state index contributed by atoms with van der Waals surface area (Å²) in [5.74, 6) is 2.11. The van der Waals surface area contributed by atoms with Gasteiger partial charge in [0.15, 0.2) is 23.0 Å². The number of carbonyl (C=O) groups excluding carboxylic acids is 4. The van der Waals surface area contributed by atoms with E-state index in [0.29, 0.717) is 48.3 Å². The zero-order valence-electron chi connectivity index (χ0n) is 80.7. The van der Waals surface area contributed by atoms with E-state index in [1.807, 2.05) is 92.7 Å². The van der Waals surface area contributed by atoms with E-state index < -0.39 is 48.5 Å². The number of para-hydroxylation sites is 4. The molecule has 5 aliphatic heterocycles. The van der Waals surface area contributed by atoms with Crippen molar-refractivity contribution in [3.05, 3.63) is 226 Å². The number of imidazole rings is 5. The molecule has 11 heterocycles. The minimum Gasteiger partial charge on any atom is -0.508 e. The molecule has 143 heavy (non-hydrogen) atoms. The molecule has 0 unspecified atom stereocenters. The van der Waals surface area contributed by atoms with Crippen molar-refractivity contribution in [3.8, 4) is 23.0 Å². The van der Waals surface area contributed by atoms with Crippen molar-refractivity contribution < 1.29 is 94.8 Å². The monoisotopic (exact) mass is 2050 g/mol. The van der Waals surface area contributed by atoms with Crippen LogP contribution in [0, 0.1) is 47.9 Å². The number of H-pyrrole nitrogens is 3. The van der Waals surface area contributed by atoms with Crippen LogP contribution in [0.4, 0.5) is 34.6 Å². The first-order valence-electron chi connectivity index (χ1n) is 46.4. The largest absolute Gasteiger partial charge is 0.508 e. The van der Waals surface area contributed by atoms with Gasteiger partial charge in [0.25, 0.3) is 54.9 Å². The lowest BCUT2D eigenvalue weighted by Crippen LogP contribution is -2.37. The first-order valence-corrected chi connectivity index (χ1v) is 48.9. The molecule has 0 aliphatic carbocycles. The third-order valence-electron chi connectivity index (χ3n) is 22.0. The fourth-order valence-corrected chi connectivity index (χ4v) is 15.3. The van der Waals surface area contributed by atoms with Crippen LogP contribution in [0.5, 0.6) is 23.0 Å². The highest BCUT2D eigenvalue weighted by Crippen LogP contribution is 2.27. The molecule has 0 atom stereocenters. The van der Waals surface area contributed by atoms with E-state index in [1.54, 1.807) is 39.0 Å². The van der Waals surface area contributed by atoms with Crippen LogP contribution in [0.2, 0.25) is 0 Å². The summed E-state index contributed by atoms with van der Waals surface area (Å²) in [5.41, 5.74) is 16.5. The summed E-state index contributed by atoms with van der Waals surface area (Å²) in [6.45, 7) is 34.7. The van der Waals surface area contributed by atoms with E-state index in [-0.39, 0.29) is 75.0 Å². The van der Waals surface area contributed by atoms with Crippen LogP contribution >= 0.6 is 23.2 Å². The Bertz CT molecular complexity index is 6130. The number of aromatic amines is 3. The standard InChI is InChI=1S/C26H29N7O4.C14H20N2O4.C14H22N2O2.C10H2Cl2N4O4.C8H17NO4S.C7H7N3.C7H7NO3.C7H15NO2.C2H6O/c1-17-15-18(37-12-4-9-33-10-13-36-14-11-33)7-8-19(17)29-24(34)22-23(28-16-27-22)25(35)32-26-30-20-5-2-3-6-21(20)31-26;1-12-11-13(3-4-14(12)16(17)18)20-8-2-5-15-6-9-19-10-7-15;1-12-11-13(3-4-14(12)15)18-8-2-5-16-6-9-17-10-7-16;11-7(17)3-5-10(20)16-2-14-4(8(12)18)6(16)9(19)15(5)1-13-3;1-14(10,11)13-6-2-3-9-4-7-12-8-5-9;8-7-9-5-3-1-2-4-6(5)10-7;1-5-4-6(9)2-3-7(5)8(10)11;9-5-1-2-8-3-6-10-7-4-8;1-2-3/h2-3,5-8,15-16H,4,9-14H2,1H3,(H,27,28)(H,29,34)(H2,30,31,32,35);3-4,11H,2,5-10H2,1H3;3-4,11H,2,5-10,15H2,1H3;1-2H;2-8H2,1H3;1-4H,(H3,8,9,10);2-4,9H,1H3;9H,1-7H2;3H,2H2,1H3. The lowest BCUT2D eigenvalue weighted by molar-refractivity contribution is -0.385. The Morgan fingerprint density at radius 1 is 0.497 bits per heavy atom. The summed E-state index contributed by atoms with van der Waals surface area (Å²) in [6, 6.07) is 35.3. The van der Waals surface area contributed by atoms with Crippen LogP contribution in [0.3, 0.4) is 0 Å². The maximum absolute atomic E-state index is 13.0. The Morgan fingerprint density at radius 3 is 1.29 bits per heavy atom. The molecule has 6 aromatic heterocycles. The van der Waals surface area contributed by atoms with Gasteiger partial charge in [-0.3, -0.25) is 91.8 Å². The van der Waals surface area contributed by atoms with E-state index in [4.69, 9.17) is 87.9 Å². The highest BCUT2D eigenvalue weighted by molar-refractivity contribution is 7.86. The molecule has 48 heteroatoms. The number of rotatable bonds is 31. The molecule has 0 saturated carbocycles. The van der Waals surface area contributed by atoms with Crippen molar-refractivity contribution in [2.45, 2.75) is 66.7 Å². The molecule has 2 amide bonds. The van der Waals surface area contributed by atoms with E-state index in [1.165, 1.54) is 30.6 Å². The molecular formula is C95H125Cl2N21O24S. The van der Waals surface area contributed by atoms with Crippen molar-refractivity contribution in [3.63, 3.8) is 0 Å². The normalized spacial score (nSPS) is 14.6. The van der Waals surface area contributed by atoms with Crippen LogP contribution in [0.15, 0.2) is 150 Å². The second kappa shape index (κ2) is 59.9. The average Bonchev–Trinajstić information content (AvgIpc) is 1.58. The third-order valence-corrected chi connectivity index (χ3v) is 23.0. The van der Waals surface area contributed by atoms with Crippen molar-refractivity contribution in [2.24, 2.45) is 0 Å². The van der Waals surface area contributed by atoms with E-state index in [2.05, 4.69) is 79.2 Å². The first kappa shape index (κ1) is 114. The number of phenols is 1. The summed E-state index contributed by atoms with van der Waals surface area (Å²) in [5, 5.41) is 49.5. The number of aromatic nitrogens is 10. The number of hydrogen-bond acceptors (Lipinski definition) is 36. The van der Waals surface area contributed by atoms with Gasteiger partial charge in [-0.15, -0.1) is 0 Å². The Hall–Kier alpha value is -12.9. The van der Waals surface area contributed by atoms with Gasteiger partial charge >= 0.3 is 0 Å². The molecule has 5 aliphatic rings. The van der Waals surface area contributed by atoms with Crippen LogP contribution in [0.1, 0.15) is 103 Å². The third kappa shape index (κ3) is 38.1. The van der Waals surface area contributed by atoms with E-state index in [9.17, 15) is 57.4 Å². The van der Waals surface area contributed by atoms with Gasteiger partial charge in [0.05, 0.1) is 137 Å². The highest BCUT2D eigenvalue weighted by atomic mass is 35.5. The second-order valence-corrected chi connectivity index (χ2v) is 35.0. The maximum Gasteiger partial charge on any atom is 0.283 e. The molecular weight excluding hydrogens is 1920 g/mol. The van der Waals surface area contributed by atoms with Gasteiger partial charge < -0.3 is 85.0 Å². The summed E-state index contributed by atoms with van der Waals surface area (Å²) in [4.78, 5) is 133. The summed E-state index contributed by atoms with van der Waals surface area (Å²) in [6.07, 6.45) is 8.88. The zero-order valence-corrected chi connectivity index (χ0v) is 83.1. The number of anilines is 4. The molecule has 12 N–H and O–H groups in total. The number of morpholine rings is 5. The second-order valence-electron chi connectivity index (χ2n) is 32.6. The highest BCUT2D eigenvalue weighted by Gasteiger charge is 2.27. The van der Waals surface area contributed by atoms with Crippen molar-refractivity contribution in [1.82, 2.24) is 73.2 Å². The SMILES string of the molecule is CCO.CS(=O)(=O)OCCCN1CCOCC1.Cc1cc(O)ccc1[N+](=O)[O-].Cc1cc(OCCCN2CCOCC2)ccc1N.Cc1cc(OCCCN2CCOCC2)ccc1NC(=O)c1nc[nH]c1C(=O)Nc1nc2ccccc2[nH]1.Cc1cc(OCCCN2CCOCC2)ccc1[N+](=O)[O-].Nc1nc2ccccc2[nH]1.O=C(Cl)c1ncn2c(=O)c3c(C(=O)Cl)ncn3c(=O)c12.OCCCN1CCOCC1. The number of aliphatic hydroxyl groups excluding tert-OH is 2. The molecule has 0 bridgehead atoms. The number of aliphatic hydroxyl groups is 2. The number of nitrogen functional groups attached to an aromatic ring is 2. The van der Waals surface area contributed by atoms with Crippen LogP contribution in [0.25, 0.3) is 33.1 Å². The molecule has 0 spiro atoms. The number of aromatic hydroxyl groups is 1. The number of nitrogens with two attached hydrogens (primary N) is 2. The quantitative estimate of drug-likeness (QED) is 0.00484. The summed E-state index contributed by atoms with van der Waals surface area (Å²) < 4.78 is 71.1.